The number of nitro benzene ring substituents is 1. The van der Waals surface area contributed by atoms with Gasteiger partial charge in [0.15, 0.2) is 0 Å². The lowest BCUT2D eigenvalue weighted by molar-refractivity contribution is -0.383. The highest BCUT2D eigenvalue weighted by Gasteiger charge is 2.24. The van der Waals surface area contributed by atoms with Gasteiger partial charge in [0.25, 0.3) is 5.69 Å². The van der Waals surface area contributed by atoms with E-state index in [1.165, 1.54) is 0 Å². The Labute approximate surface area is 162 Å². The van der Waals surface area contributed by atoms with E-state index in [0.29, 0.717) is 5.52 Å². The first-order chi connectivity index (χ1) is 14.2. The summed E-state index contributed by atoms with van der Waals surface area (Å²) >= 11 is 0. The van der Waals surface area contributed by atoms with E-state index in [9.17, 15) is 10.1 Å². The van der Waals surface area contributed by atoms with Crippen LogP contribution in [-0.4, -0.2) is 9.32 Å². The first kappa shape index (κ1) is 14.9. The molecule has 0 N–H and O–H groups in total. The monoisotopic (exact) mass is 376 g/mol. The van der Waals surface area contributed by atoms with Crippen molar-refractivity contribution in [2.75, 3.05) is 0 Å². The van der Waals surface area contributed by atoms with Gasteiger partial charge in [-0.3, -0.25) is 10.1 Å². The van der Waals surface area contributed by atoms with Gasteiger partial charge < -0.3 is 8.82 Å². The molecule has 4 aromatic carbocycles. The highest BCUT2D eigenvalue weighted by molar-refractivity contribution is 6.32. The van der Waals surface area contributed by atoms with Crippen molar-refractivity contribution in [2.24, 2.45) is 0 Å². The molecule has 5 heteroatoms. The molecule has 3 aromatic heterocycles. The van der Waals surface area contributed by atoms with Crippen LogP contribution in [0, 0.1) is 10.1 Å². The molecule has 0 amide bonds. The van der Waals surface area contributed by atoms with Crippen molar-refractivity contribution < 1.29 is 9.34 Å². The molecular weight excluding hydrogens is 364 g/mol. The average molecular weight is 376 g/mol. The Bertz CT molecular complexity index is 1790. The van der Waals surface area contributed by atoms with Gasteiger partial charge in [-0.05, 0) is 29.7 Å². The second-order valence-corrected chi connectivity index (χ2v) is 7.40. The Balaban J connectivity index is 2.05. The highest BCUT2D eigenvalue weighted by atomic mass is 16.6. The van der Waals surface area contributed by atoms with Crippen LogP contribution in [-0.2, 0) is 0 Å². The summed E-state index contributed by atoms with van der Waals surface area (Å²) in [5, 5.41) is 18.0. The zero-order valence-corrected chi connectivity index (χ0v) is 15.0. The second-order valence-electron chi connectivity index (χ2n) is 7.40. The molecule has 5 nitrogen and oxygen atoms in total. The first-order valence-corrected chi connectivity index (χ1v) is 9.39. The van der Waals surface area contributed by atoms with Gasteiger partial charge in [-0.25, -0.2) is 0 Å². The van der Waals surface area contributed by atoms with Gasteiger partial charge in [0, 0.05) is 27.6 Å². The molecule has 0 aliphatic rings. The minimum Gasteiger partial charge on any atom is -0.456 e. The minimum absolute atomic E-state index is 0.0984. The van der Waals surface area contributed by atoms with E-state index in [0.717, 1.165) is 54.5 Å². The van der Waals surface area contributed by atoms with Gasteiger partial charge in [0.05, 0.1) is 21.3 Å². The van der Waals surface area contributed by atoms with Crippen LogP contribution in [0.5, 0.6) is 0 Å². The molecule has 0 spiro atoms. The summed E-state index contributed by atoms with van der Waals surface area (Å²) in [5.41, 5.74) is 4.21. The van der Waals surface area contributed by atoms with Gasteiger partial charge in [-0.2, -0.15) is 0 Å². The lowest BCUT2D eigenvalue weighted by atomic mass is 10.0. The van der Waals surface area contributed by atoms with Crippen LogP contribution in [0.2, 0.25) is 0 Å². The molecule has 0 aliphatic heterocycles. The molecule has 29 heavy (non-hydrogen) atoms. The summed E-state index contributed by atoms with van der Waals surface area (Å²) in [4.78, 5) is 11.7. The van der Waals surface area contributed by atoms with E-state index in [-0.39, 0.29) is 10.6 Å². The number of nitrogens with zero attached hydrogens (tertiary/aromatic N) is 2. The van der Waals surface area contributed by atoms with Crippen LogP contribution in [0.15, 0.2) is 77.2 Å². The minimum atomic E-state index is -0.292. The Kier molecular flexibility index (Phi) is 2.48. The number of para-hydroxylation sites is 2. The topological polar surface area (TPSA) is 60.7 Å². The van der Waals surface area contributed by atoms with Crippen molar-refractivity contribution >= 4 is 65.7 Å². The molecule has 136 valence electrons. The Morgan fingerprint density at radius 3 is 2.31 bits per heavy atom. The normalized spacial score (nSPS) is 12.4. The van der Waals surface area contributed by atoms with E-state index < -0.39 is 0 Å². The van der Waals surface area contributed by atoms with Crippen molar-refractivity contribution in [2.45, 2.75) is 0 Å². The van der Waals surface area contributed by atoms with E-state index in [1.54, 1.807) is 12.1 Å². The van der Waals surface area contributed by atoms with Gasteiger partial charge in [0.1, 0.15) is 16.7 Å². The van der Waals surface area contributed by atoms with Crippen molar-refractivity contribution in [1.29, 1.82) is 0 Å². The van der Waals surface area contributed by atoms with Crippen LogP contribution < -0.4 is 0 Å². The predicted octanol–water partition coefficient (Wildman–Crippen LogP) is 6.64. The number of rotatable bonds is 1. The Morgan fingerprint density at radius 2 is 1.41 bits per heavy atom. The second kappa shape index (κ2) is 4.83. The number of furan rings is 1. The lowest BCUT2D eigenvalue weighted by Crippen LogP contribution is -1.93. The quantitative estimate of drug-likeness (QED) is 0.238. The Hall–Kier alpha value is -4.12. The molecule has 0 unspecified atom stereocenters. The molecule has 0 atom stereocenters. The van der Waals surface area contributed by atoms with Crippen molar-refractivity contribution in [3.05, 3.63) is 82.9 Å². The summed E-state index contributed by atoms with van der Waals surface area (Å²) in [5.74, 6) is 0. The molecule has 0 fully saturated rings. The first-order valence-electron chi connectivity index (χ1n) is 9.39. The van der Waals surface area contributed by atoms with Crippen LogP contribution in [0.25, 0.3) is 60.0 Å². The van der Waals surface area contributed by atoms with Crippen LogP contribution in [0.1, 0.15) is 0 Å². The molecule has 0 saturated carbocycles. The summed E-state index contributed by atoms with van der Waals surface area (Å²) in [6.07, 6.45) is 0. The zero-order valence-electron chi connectivity index (χ0n) is 15.0. The number of non-ortho nitro benzene ring substituents is 1. The number of aromatic nitrogens is 1. The highest BCUT2D eigenvalue weighted by Crippen LogP contribution is 2.45. The maximum absolute atomic E-state index is 12.0. The van der Waals surface area contributed by atoms with Crippen molar-refractivity contribution in [3.63, 3.8) is 0 Å². The van der Waals surface area contributed by atoms with Crippen LogP contribution in [0.4, 0.5) is 5.69 Å². The smallest absolute Gasteiger partial charge is 0.293 e. The van der Waals surface area contributed by atoms with Gasteiger partial charge in [0.2, 0.25) is 0 Å². The molecule has 7 rings (SSSR count). The molecule has 0 radical (unpaired) electrons. The summed E-state index contributed by atoms with van der Waals surface area (Å²) in [6, 6.07) is 23.3. The van der Waals surface area contributed by atoms with Gasteiger partial charge >= 0.3 is 0 Å². The van der Waals surface area contributed by atoms with Crippen molar-refractivity contribution in [3.8, 4) is 0 Å². The van der Waals surface area contributed by atoms with Gasteiger partial charge in [-0.1, -0.05) is 42.5 Å². The van der Waals surface area contributed by atoms with Crippen LogP contribution >= 0.6 is 0 Å². The summed E-state index contributed by atoms with van der Waals surface area (Å²) < 4.78 is 8.22. The predicted molar refractivity (Wildman–Crippen MR) is 115 cm³/mol. The fourth-order valence-electron chi connectivity index (χ4n) is 4.95. The third-order valence-corrected chi connectivity index (χ3v) is 6.02. The zero-order chi connectivity index (χ0) is 19.3. The van der Waals surface area contributed by atoms with E-state index in [1.807, 2.05) is 48.5 Å². The van der Waals surface area contributed by atoms with E-state index in [2.05, 4.69) is 16.5 Å². The Morgan fingerprint density at radius 1 is 0.690 bits per heavy atom. The SMILES string of the molecule is O=[N+]([O-])c1cccc2c3cccc4oc5ccc6c7ccccc7n(c12)c6c5c43. The maximum atomic E-state index is 12.0. The largest absolute Gasteiger partial charge is 0.456 e. The molecular formula is C24H12N2O3. The fourth-order valence-corrected chi connectivity index (χ4v) is 4.95. The third kappa shape index (κ3) is 1.62. The molecule has 3 heterocycles. The molecule has 0 aliphatic carbocycles. The average Bonchev–Trinajstić information content (AvgIpc) is 3.24. The number of nitro groups is 1. The molecule has 0 bridgehead atoms. The summed E-state index contributed by atoms with van der Waals surface area (Å²) in [6.45, 7) is 0. The molecule has 0 saturated heterocycles. The van der Waals surface area contributed by atoms with E-state index >= 15 is 0 Å². The van der Waals surface area contributed by atoms with Gasteiger partial charge in [-0.15, -0.1) is 0 Å². The summed E-state index contributed by atoms with van der Waals surface area (Å²) in [7, 11) is 0. The number of hydrogen-bond donors (Lipinski definition) is 0. The maximum Gasteiger partial charge on any atom is 0.293 e. The number of fused-ring (bicyclic) bond motifs is 6. The number of benzene rings is 4. The molecule has 7 aromatic rings. The lowest BCUT2D eigenvalue weighted by Gasteiger charge is -2.03. The standard InChI is InChI=1S/C24H12N2O3/c27-26(28)18-9-3-7-15-14-6-4-10-19-21(14)22-20(29-19)12-11-16-13-5-1-2-8-17(13)25(23(15)18)24(16)22/h1-12H. The van der Waals surface area contributed by atoms with E-state index in [4.69, 9.17) is 4.42 Å². The van der Waals surface area contributed by atoms with Crippen LogP contribution in [0.3, 0.4) is 0 Å². The fraction of sp³-hybridized carbons (Fsp3) is 0. The third-order valence-electron chi connectivity index (χ3n) is 6.02. The van der Waals surface area contributed by atoms with Crippen molar-refractivity contribution in [1.82, 2.24) is 4.40 Å². The number of hydrogen-bond acceptors (Lipinski definition) is 3.